The Kier molecular flexibility index (Phi) is 5.95. The summed E-state index contributed by atoms with van der Waals surface area (Å²) in [6.07, 6.45) is -0.794. The number of aromatic nitrogens is 1. The number of nitrogens with zero attached hydrogens (tertiary/aromatic N) is 3. The van der Waals surface area contributed by atoms with Crippen LogP contribution in [-0.2, 0) is 4.79 Å². The molecule has 1 aromatic carbocycles. The highest BCUT2D eigenvalue weighted by atomic mass is 19.1. The van der Waals surface area contributed by atoms with Crippen LogP contribution in [0.1, 0.15) is 25.3 Å². The van der Waals surface area contributed by atoms with Gasteiger partial charge in [0.05, 0.1) is 12.1 Å². The number of hydrogen-bond donors (Lipinski definition) is 2. The molecule has 1 aliphatic heterocycles. The number of carboxylic acid groups (broad SMARTS) is 1. The predicted molar refractivity (Wildman–Crippen MR) is 114 cm³/mol. The molecular weight excluding hydrogens is 415 g/mol. The van der Waals surface area contributed by atoms with Crippen molar-refractivity contribution >= 4 is 17.8 Å². The maximum Gasteiger partial charge on any atom is 0.407 e. The number of rotatable bonds is 5. The number of nitrogens with one attached hydrogen (secondary N) is 1. The van der Waals surface area contributed by atoms with Crippen molar-refractivity contribution in [3.63, 3.8) is 0 Å². The molecule has 166 valence electrons. The molecule has 8 nitrogen and oxygen atoms in total. The summed E-state index contributed by atoms with van der Waals surface area (Å²) in [4.78, 5) is 28.4. The van der Waals surface area contributed by atoms with Crippen molar-refractivity contribution in [2.24, 2.45) is 11.8 Å². The molecule has 0 bridgehead atoms. The van der Waals surface area contributed by atoms with Crippen LogP contribution in [0.5, 0.6) is 5.75 Å². The van der Waals surface area contributed by atoms with Crippen LogP contribution in [0.25, 0.3) is 11.1 Å². The first-order valence-corrected chi connectivity index (χ1v) is 10.5. The van der Waals surface area contributed by atoms with E-state index in [2.05, 4.69) is 16.4 Å². The molecule has 0 radical (unpaired) electrons. The minimum Gasteiger partial charge on any atom is -0.486 e. The van der Waals surface area contributed by atoms with Crippen molar-refractivity contribution in [2.75, 3.05) is 18.4 Å². The van der Waals surface area contributed by atoms with E-state index < -0.39 is 18.4 Å². The van der Waals surface area contributed by atoms with Gasteiger partial charge in [-0.25, -0.2) is 14.2 Å². The molecule has 9 heteroatoms. The Balaban J connectivity index is 1.48. The predicted octanol–water partition coefficient (Wildman–Crippen LogP) is 3.68. The highest BCUT2D eigenvalue weighted by Gasteiger charge is 2.39. The number of ether oxygens (including phenoxy) is 1. The van der Waals surface area contributed by atoms with Gasteiger partial charge in [-0.1, -0.05) is 13.0 Å². The van der Waals surface area contributed by atoms with Gasteiger partial charge in [-0.2, -0.15) is 5.26 Å². The van der Waals surface area contributed by atoms with Crippen molar-refractivity contribution in [1.82, 2.24) is 9.88 Å². The first kappa shape index (κ1) is 21.6. The van der Waals surface area contributed by atoms with Gasteiger partial charge in [0.1, 0.15) is 23.7 Å². The van der Waals surface area contributed by atoms with E-state index in [0.717, 1.165) is 22.4 Å². The van der Waals surface area contributed by atoms with Gasteiger partial charge in [0.2, 0.25) is 5.91 Å². The molecule has 2 unspecified atom stereocenters. The quantitative estimate of drug-likeness (QED) is 0.736. The zero-order valence-corrected chi connectivity index (χ0v) is 17.5. The summed E-state index contributed by atoms with van der Waals surface area (Å²) in [6.45, 7) is 1.94. The summed E-state index contributed by atoms with van der Waals surface area (Å²) >= 11 is 0. The molecule has 1 aromatic heterocycles. The summed E-state index contributed by atoms with van der Waals surface area (Å²) in [6, 6.07) is 10.6. The lowest BCUT2D eigenvalue weighted by atomic mass is 10.0. The number of carbonyl (C=O) groups is 2. The Bertz CT molecular complexity index is 1090. The average Bonchev–Trinajstić information content (AvgIpc) is 3.52. The summed E-state index contributed by atoms with van der Waals surface area (Å²) in [5, 5.41) is 21.4. The van der Waals surface area contributed by atoms with Gasteiger partial charge in [-0.05, 0) is 47.7 Å². The highest BCUT2D eigenvalue weighted by Crippen LogP contribution is 2.38. The fraction of sp³-hybridized carbons (Fsp3) is 0.391. The lowest BCUT2D eigenvalue weighted by molar-refractivity contribution is -0.117. The second kappa shape index (κ2) is 8.83. The lowest BCUT2D eigenvalue weighted by Gasteiger charge is -2.33. The molecule has 32 heavy (non-hydrogen) atoms. The average molecular weight is 438 g/mol. The molecule has 1 aliphatic carbocycles. The van der Waals surface area contributed by atoms with Crippen molar-refractivity contribution < 1.29 is 23.8 Å². The van der Waals surface area contributed by atoms with Gasteiger partial charge in [-0.15, -0.1) is 0 Å². The van der Waals surface area contributed by atoms with Crippen LogP contribution in [0.15, 0.2) is 36.5 Å². The van der Waals surface area contributed by atoms with E-state index in [1.54, 1.807) is 36.5 Å². The number of hydrogen-bond acceptors (Lipinski definition) is 5. The van der Waals surface area contributed by atoms with Crippen LogP contribution >= 0.6 is 0 Å². The van der Waals surface area contributed by atoms with Crippen molar-refractivity contribution in [3.8, 4) is 22.9 Å². The van der Waals surface area contributed by atoms with Gasteiger partial charge in [-0.3, -0.25) is 4.79 Å². The number of alkyl halides is 1. The third-order valence-electron chi connectivity index (χ3n) is 5.92. The Labute approximate surface area is 184 Å². The van der Waals surface area contributed by atoms with Gasteiger partial charge >= 0.3 is 6.09 Å². The first-order valence-electron chi connectivity index (χ1n) is 10.5. The Morgan fingerprint density at radius 2 is 2.06 bits per heavy atom. The Morgan fingerprint density at radius 1 is 1.31 bits per heavy atom. The van der Waals surface area contributed by atoms with Crippen molar-refractivity contribution in [2.45, 2.75) is 32.0 Å². The van der Waals surface area contributed by atoms with E-state index in [9.17, 15) is 19.2 Å². The molecule has 1 saturated heterocycles. The van der Waals surface area contributed by atoms with E-state index >= 15 is 0 Å². The van der Waals surface area contributed by atoms with Crippen LogP contribution < -0.4 is 10.1 Å². The number of pyridine rings is 1. The van der Waals surface area contributed by atoms with E-state index in [4.69, 9.17) is 9.84 Å². The minimum atomic E-state index is -1.48. The number of carbonyl (C=O) groups excluding carboxylic acids is 1. The van der Waals surface area contributed by atoms with Crippen LogP contribution in [0.2, 0.25) is 0 Å². The molecule has 4 atom stereocenters. The van der Waals surface area contributed by atoms with E-state index in [1.807, 2.05) is 6.92 Å². The Hall–Kier alpha value is -3.67. The van der Waals surface area contributed by atoms with E-state index in [1.165, 1.54) is 0 Å². The fourth-order valence-electron chi connectivity index (χ4n) is 3.84. The first-order chi connectivity index (χ1) is 15.4. The zero-order chi connectivity index (χ0) is 22.8. The van der Waals surface area contributed by atoms with Crippen LogP contribution in [0.4, 0.5) is 15.0 Å². The second-order valence-electron chi connectivity index (χ2n) is 8.25. The van der Waals surface area contributed by atoms with Gasteiger partial charge in [0, 0.05) is 25.1 Å². The lowest BCUT2D eigenvalue weighted by Crippen LogP contribution is -2.48. The maximum atomic E-state index is 14.4. The van der Waals surface area contributed by atoms with Gasteiger partial charge in [0.15, 0.2) is 6.17 Å². The molecule has 2 N–H and O–H groups in total. The molecule has 2 aliphatic rings. The molecule has 2 fully saturated rings. The van der Waals surface area contributed by atoms with Crippen LogP contribution in [0.3, 0.4) is 0 Å². The SMILES string of the molecule is CC1CC1C(=O)Nc1cc(-c2ccc(O[C@H]3CCN(C(=O)O)C[C@H]3F)c(C#N)c2)ccn1. The minimum absolute atomic E-state index is 0.0313. The number of amides is 2. The zero-order valence-electron chi connectivity index (χ0n) is 17.5. The van der Waals surface area contributed by atoms with E-state index in [0.29, 0.717) is 11.7 Å². The molecule has 2 amide bonds. The molecule has 1 saturated carbocycles. The largest absolute Gasteiger partial charge is 0.486 e. The molecular formula is C23H23FN4O4. The Morgan fingerprint density at radius 3 is 2.72 bits per heavy atom. The number of anilines is 1. The number of halogens is 1. The number of benzene rings is 1. The molecule has 4 rings (SSSR count). The number of piperidine rings is 1. The van der Waals surface area contributed by atoms with Crippen molar-refractivity contribution in [3.05, 3.63) is 42.1 Å². The monoisotopic (exact) mass is 438 g/mol. The van der Waals surface area contributed by atoms with Gasteiger partial charge in [0.25, 0.3) is 0 Å². The standard InChI is InChI=1S/C23H23FN4O4/c1-13-8-17(13)22(29)27-21-10-15(4-6-26-21)14-2-3-19(16(9-14)11-25)32-20-5-7-28(23(30)31)12-18(20)24/h2-4,6,9-10,13,17-18,20H,5,7-8,12H2,1H3,(H,30,31)(H,26,27,29)/t13?,17?,18-,20+/m1/s1. The fourth-order valence-corrected chi connectivity index (χ4v) is 3.84. The molecule has 2 heterocycles. The van der Waals surface area contributed by atoms with Crippen molar-refractivity contribution in [1.29, 1.82) is 5.26 Å². The van der Waals surface area contributed by atoms with Crippen LogP contribution in [-0.4, -0.2) is 52.4 Å². The highest BCUT2D eigenvalue weighted by molar-refractivity contribution is 5.94. The summed E-state index contributed by atoms with van der Waals surface area (Å²) in [5.74, 6) is 1.07. The van der Waals surface area contributed by atoms with Gasteiger partial charge < -0.3 is 20.1 Å². The maximum absolute atomic E-state index is 14.4. The molecule has 2 aromatic rings. The van der Waals surface area contributed by atoms with E-state index in [-0.39, 0.29) is 42.6 Å². The third-order valence-corrected chi connectivity index (χ3v) is 5.92. The summed E-state index contributed by atoms with van der Waals surface area (Å²) in [5.41, 5.74) is 1.73. The third kappa shape index (κ3) is 4.64. The summed E-state index contributed by atoms with van der Waals surface area (Å²) < 4.78 is 20.1. The normalized spacial score (nSPS) is 24.3. The smallest absolute Gasteiger partial charge is 0.407 e. The van der Waals surface area contributed by atoms with Crippen LogP contribution in [0, 0.1) is 23.2 Å². The number of likely N-dealkylation sites (tertiary alicyclic amines) is 1. The second-order valence-corrected chi connectivity index (χ2v) is 8.25. The molecule has 0 spiro atoms. The summed E-state index contributed by atoms with van der Waals surface area (Å²) in [7, 11) is 0. The number of nitriles is 1. The topological polar surface area (TPSA) is 116 Å².